The van der Waals surface area contributed by atoms with Crippen LogP contribution < -0.4 is 0 Å². The van der Waals surface area contributed by atoms with Crippen LogP contribution in [0.5, 0.6) is 0 Å². The lowest BCUT2D eigenvalue weighted by Gasteiger charge is -2.00. The fraction of sp³-hybridized carbons (Fsp3) is 0. The Morgan fingerprint density at radius 3 is 2.52 bits per heavy atom. The highest BCUT2D eigenvalue weighted by atomic mass is 79.9. The first-order chi connectivity index (χ1) is 12.2. The van der Waals surface area contributed by atoms with E-state index in [4.69, 9.17) is 16.0 Å². The van der Waals surface area contributed by atoms with E-state index < -0.39 is 0 Å². The summed E-state index contributed by atoms with van der Waals surface area (Å²) in [5.41, 5.74) is 1.81. The molecule has 0 aliphatic carbocycles. The van der Waals surface area contributed by atoms with Crippen LogP contribution in [0.25, 0.3) is 33.3 Å². The molecule has 3 nitrogen and oxygen atoms in total. The molecule has 0 atom stereocenters. The zero-order valence-corrected chi connectivity index (χ0v) is 15.3. The lowest BCUT2D eigenvalue weighted by atomic mass is 10.1. The maximum atomic E-state index is 6.39. The van der Waals surface area contributed by atoms with E-state index in [1.54, 1.807) is 0 Å². The predicted octanol–water partition coefficient (Wildman–Crippen LogP) is 6.39. The number of hydrogen-bond acceptors (Lipinski definition) is 3. The van der Waals surface area contributed by atoms with Gasteiger partial charge in [-0.1, -0.05) is 60.1 Å². The quantitative estimate of drug-likeness (QED) is 0.392. The van der Waals surface area contributed by atoms with E-state index in [0.29, 0.717) is 16.8 Å². The molecule has 0 N–H and O–H groups in total. The number of nitrogens with zero attached hydrogens (tertiary/aromatic N) is 2. The Balaban J connectivity index is 1.67. The molecular weight excluding hydrogens is 400 g/mol. The first-order valence-corrected chi connectivity index (χ1v) is 8.82. The van der Waals surface area contributed by atoms with Crippen molar-refractivity contribution in [2.45, 2.75) is 0 Å². The first kappa shape index (κ1) is 16.1. The summed E-state index contributed by atoms with van der Waals surface area (Å²) in [6.45, 7) is 0. The third kappa shape index (κ3) is 3.36. The molecule has 0 saturated heterocycles. The van der Waals surface area contributed by atoms with Gasteiger partial charge in [0.15, 0.2) is 0 Å². The van der Waals surface area contributed by atoms with E-state index in [-0.39, 0.29) is 0 Å². The topological polar surface area (TPSA) is 38.9 Å². The molecule has 1 aromatic heterocycles. The zero-order chi connectivity index (χ0) is 17.2. The largest absolute Gasteiger partial charge is 0.415 e. The van der Waals surface area contributed by atoms with E-state index in [9.17, 15) is 0 Å². The van der Waals surface area contributed by atoms with Crippen molar-refractivity contribution in [2.24, 2.45) is 0 Å². The Labute approximate surface area is 158 Å². The molecule has 25 heavy (non-hydrogen) atoms. The second kappa shape index (κ2) is 6.82. The summed E-state index contributed by atoms with van der Waals surface area (Å²) in [6, 6.07) is 22.0. The van der Waals surface area contributed by atoms with Gasteiger partial charge < -0.3 is 4.42 Å². The van der Waals surface area contributed by atoms with Crippen LogP contribution >= 0.6 is 27.5 Å². The van der Waals surface area contributed by atoms with Gasteiger partial charge >= 0.3 is 0 Å². The molecule has 0 aliphatic heterocycles. The smallest absolute Gasteiger partial charge is 0.259 e. The summed E-state index contributed by atoms with van der Waals surface area (Å²) in [6.07, 6.45) is 1.82. The van der Waals surface area contributed by atoms with Crippen LogP contribution in [0.1, 0.15) is 11.5 Å². The van der Waals surface area contributed by atoms with Gasteiger partial charge in [-0.2, -0.15) is 0 Å². The molecule has 0 aliphatic rings. The number of halogens is 2. The van der Waals surface area contributed by atoms with Crippen LogP contribution in [0, 0.1) is 0 Å². The second-order valence-corrected chi connectivity index (χ2v) is 6.75. The van der Waals surface area contributed by atoms with Gasteiger partial charge in [0.25, 0.3) is 5.89 Å². The van der Waals surface area contributed by atoms with E-state index >= 15 is 0 Å². The minimum Gasteiger partial charge on any atom is -0.415 e. The molecular formula is C20H12BrClN2O. The van der Waals surface area contributed by atoms with Crippen LogP contribution in [0.15, 0.2) is 75.6 Å². The highest BCUT2D eigenvalue weighted by Gasteiger charge is 2.13. The Kier molecular flexibility index (Phi) is 4.38. The van der Waals surface area contributed by atoms with Crippen molar-refractivity contribution >= 4 is 49.4 Å². The second-order valence-electron chi connectivity index (χ2n) is 5.49. The van der Waals surface area contributed by atoms with E-state index in [1.165, 1.54) is 5.39 Å². The molecule has 0 radical (unpaired) electrons. The van der Waals surface area contributed by atoms with E-state index in [1.807, 2.05) is 48.5 Å². The van der Waals surface area contributed by atoms with E-state index in [0.717, 1.165) is 21.0 Å². The van der Waals surface area contributed by atoms with Gasteiger partial charge in [-0.05, 0) is 56.5 Å². The van der Waals surface area contributed by atoms with Crippen molar-refractivity contribution in [3.63, 3.8) is 0 Å². The molecule has 0 fully saturated rings. The maximum Gasteiger partial charge on any atom is 0.259 e. The average molecular weight is 412 g/mol. The van der Waals surface area contributed by atoms with Gasteiger partial charge in [0, 0.05) is 4.47 Å². The van der Waals surface area contributed by atoms with Crippen LogP contribution in [0.4, 0.5) is 0 Å². The van der Waals surface area contributed by atoms with Crippen molar-refractivity contribution in [1.82, 2.24) is 10.2 Å². The Morgan fingerprint density at radius 2 is 1.68 bits per heavy atom. The number of aromatic nitrogens is 2. The normalized spacial score (nSPS) is 11.8. The van der Waals surface area contributed by atoms with Crippen molar-refractivity contribution in [2.75, 3.05) is 0 Å². The lowest BCUT2D eigenvalue weighted by Crippen LogP contribution is -1.79. The molecule has 3 aromatic carbocycles. The van der Waals surface area contributed by atoms with Crippen molar-refractivity contribution < 1.29 is 4.42 Å². The highest BCUT2D eigenvalue weighted by molar-refractivity contribution is 9.10. The summed E-state index contributed by atoms with van der Waals surface area (Å²) >= 11 is 9.87. The number of rotatable bonds is 3. The fourth-order valence-corrected chi connectivity index (χ4v) is 3.23. The van der Waals surface area contributed by atoms with Crippen LogP contribution in [0.3, 0.4) is 0 Å². The molecule has 122 valence electrons. The van der Waals surface area contributed by atoms with Crippen LogP contribution in [-0.2, 0) is 0 Å². The lowest BCUT2D eigenvalue weighted by molar-refractivity contribution is 0.556. The summed E-state index contributed by atoms with van der Waals surface area (Å²) in [7, 11) is 0. The molecule has 0 spiro atoms. The Hall–Kier alpha value is -2.43. The number of fused-ring (bicyclic) bond motifs is 1. The maximum absolute atomic E-state index is 6.39. The SMILES string of the molecule is Cl/C(=C\c1ccc2ccccc2c1)c1nnc(-c2ccccc2Br)o1. The molecule has 1 heterocycles. The average Bonchev–Trinajstić information content (AvgIpc) is 3.12. The van der Waals surface area contributed by atoms with Crippen LogP contribution in [0.2, 0.25) is 0 Å². The molecule has 0 saturated carbocycles. The van der Waals surface area contributed by atoms with Crippen molar-refractivity contribution in [3.05, 3.63) is 82.7 Å². The molecule has 0 amide bonds. The Bertz CT molecular complexity index is 1090. The third-order valence-corrected chi connectivity index (χ3v) is 4.76. The Morgan fingerprint density at radius 1 is 0.920 bits per heavy atom. The number of benzene rings is 3. The molecule has 0 unspecified atom stereocenters. The fourth-order valence-electron chi connectivity index (χ4n) is 2.57. The minimum absolute atomic E-state index is 0.292. The van der Waals surface area contributed by atoms with Gasteiger partial charge in [-0.15, -0.1) is 10.2 Å². The molecule has 4 rings (SSSR count). The zero-order valence-electron chi connectivity index (χ0n) is 13.0. The minimum atomic E-state index is 0.292. The van der Waals surface area contributed by atoms with Gasteiger partial charge in [-0.3, -0.25) is 0 Å². The van der Waals surface area contributed by atoms with Gasteiger partial charge in [0.05, 0.1) is 5.56 Å². The monoisotopic (exact) mass is 410 g/mol. The van der Waals surface area contributed by atoms with Crippen molar-refractivity contribution in [1.29, 1.82) is 0 Å². The van der Waals surface area contributed by atoms with Gasteiger partial charge in [0.2, 0.25) is 5.89 Å². The summed E-state index contributed by atoms with van der Waals surface area (Å²) in [4.78, 5) is 0. The molecule has 4 aromatic rings. The summed E-state index contributed by atoms with van der Waals surface area (Å²) < 4.78 is 6.61. The standard InChI is InChI=1S/C20H12BrClN2O/c21-17-8-4-3-7-16(17)19-23-24-20(25-19)18(22)12-13-9-10-14-5-1-2-6-15(14)11-13/h1-12H/b18-12-. The van der Waals surface area contributed by atoms with E-state index in [2.05, 4.69) is 50.4 Å². The summed E-state index contributed by atoms with van der Waals surface area (Å²) in [5, 5.41) is 10.9. The first-order valence-electron chi connectivity index (χ1n) is 7.65. The van der Waals surface area contributed by atoms with Crippen molar-refractivity contribution in [3.8, 4) is 11.5 Å². The third-order valence-electron chi connectivity index (χ3n) is 3.80. The molecule has 5 heteroatoms. The molecule has 0 bridgehead atoms. The highest BCUT2D eigenvalue weighted by Crippen LogP contribution is 2.30. The van der Waals surface area contributed by atoms with Gasteiger partial charge in [0.1, 0.15) is 5.03 Å². The predicted molar refractivity (Wildman–Crippen MR) is 105 cm³/mol. The number of hydrogen-bond donors (Lipinski definition) is 0. The van der Waals surface area contributed by atoms with Gasteiger partial charge in [-0.25, -0.2) is 0 Å². The summed E-state index contributed by atoms with van der Waals surface area (Å²) in [5.74, 6) is 0.716. The van der Waals surface area contributed by atoms with Crippen LogP contribution in [-0.4, -0.2) is 10.2 Å².